The van der Waals surface area contributed by atoms with E-state index in [-0.39, 0.29) is 5.75 Å². The van der Waals surface area contributed by atoms with E-state index in [0.29, 0.717) is 17.5 Å². The van der Waals surface area contributed by atoms with E-state index in [2.05, 4.69) is 5.32 Å². The minimum atomic E-state index is 0.134. The summed E-state index contributed by atoms with van der Waals surface area (Å²) >= 11 is 0. The molecule has 1 aromatic carbocycles. The van der Waals surface area contributed by atoms with Gasteiger partial charge in [0.1, 0.15) is 0 Å². The number of ether oxygens (including phenoxy) is 2. The molecule has 1 saturated heterocycles. The lowest BCUT2D eigenvalue weighted by atomic mass is 9.97. The lowest BCUT2D eigenvalue weighted by Crippen LogP contribution is -2.26. The quantitative estimate of drug-likeness (QED) is 0.846. The lowest BCUT2D eigenvalue weighted by molar-refractivity contribution is 0.330. The van der Waals surface area contributed by atoms with Gasteiger partial charge in [-0.2, -0.15) is 0 Å². The molecule has 0 spiro atoms. The van der Waals surface area contributed by atoms with Crippen LogP contribution in [-0.4, -0.2) is 25.9 Å². The van der Waals surface area contributed by atoms with Crippen molar-refractivity contribution in [2.45, 2.75) is 25.3 Å². The largest absolute Gasteiger partial charge is 0.504 e. The Hall–Kier alpha value is -1.42. The van der Waals surface area contributed by atoms with Crippen molar-refractivity contribution >= 4 is 0 Å². The Morgan fingerprint density at radius 1 is 1.24 bits per heavy atom. The average Bonchev–Trinajstić information content (AvgIpc) is 2.38. The molecular weight excluding hydrogens is 218 g/mol. The third kappa shape index (κ3) is 2.47. The number of nitrogens with one attached hydrogen (secondary N) is 1. The van der Waals surface area contributed by atoms with Gasteiger partial charge in [0.15, 0.2) is 11.5 Å². The maximum absolute atomic E-state index is 9.90. The van der Waals surface area contributed by atoms with E-state index in [1.54, 1.807) is 13.2 Å². The Kier molecular flexibility index (Phi) is 3.74. The van der Waals surface area contributed by atoms with Crippen molar-refractivity contribution < 1.29 is 14.6 Å². The molecule has 0 saturated carbocycles. The van der Waals surface area contributed by atoms with Gasteiger partial charge in [0.05, 0.1) is 14.2 Å². The Bertz CT molecular complexity index is 386. The molecule has 0 aliphatic carbocycles. The molecule has 1 heterocycles. The highest BCUT2D eigenvalue weighted by atomic mass is 16.5. The predicted octanol–water partition coefficient (Wildman–Crippen LogP) is 2.22. The molecule has 0 radical (unpaired) electrons. The maximum atomic E-state index is 9.90. The van der Waals surface area contributed by atoms with E-state index >= 15 is 0 Å². The molecule has 1 atom stereocenters. The molecule has 0 aromatic heterocycles. The summed E-state index contributed by atoms with van der Waals surface area (Å²) in [5.41, 5.74) is 1.06. The van der Waals surface area contributed by atoms with E-state index in [0.717, 1.165) is 18.5 Å². The van der Waals surface area contributed by atoms with Crippen LogP contribution >= 0.6 is 0 Å². The minimum absolute atomic E-state index is 0.134. The van der Waals surface area contributed by atoms with Crippen molar-refractivity contribution in [3.63, 3.8) is 0 Å². The first-order chi connectivity index (χ1) is 8.26. The number of rotatable bonds is 3. The molecule has 17 heavy (non-hydrogen) atoms. The number of piperidine rings is 1. The van der Waals surface area contributed by atoms with Crippen LogP contribution in [0.2, 0.25) is 0 Å². The summed E-state index contributed by atoms with van der Waals surface area (Å²) in [7, 11) is 3.10. The average molecular weight is 237 g/mol. The summed E-state index contributed by atoms with van der Waals surface area (Å²) in [6.45, 7) is 1.03. The van der Waals surface area contributed by atoms with Gasteiger partial charge in [-0.05, 0) is 37.1 Å². The van der Waals surface area contributed by atoms with Crippen LogP contribution in [0, 0.1) is 0 Å². The molecule has 0 amide bonds. The number of aromatic hydroxyl groups is 1. The Balaban J connectivity index is 2.31. The highest BCUT2D eigenvalue weighted by Gasteiger charge is 2.19. The van der Waals surface area contributed by atoms with Gasteiger partial charge in [0.25, 0.3) is 0 Å². The van der Waals surface area contributed by atoms with Crippen LogP contribution in [0.4, 0.5) is 0 Å². The summed E-state index contributed by atoms with van der Waals surface area (Å²) in [5.74, 6) is 1.11. The SMILES string of the molecule is COc1cc(C2CCCCN2)cc(O)c1OC. The van der Waals surface area contributed by atoms with E-state index in [1.165, 1.54) is 20.0 Å². The lowest BCUT2D eigenvalue weighted by Gasteiger charge is -2.24. The number of hydrogen-bond donors (Lipinski definition) is 2. The van der Waals surface area contributed by atoms with Crippen LogP contribution in [-0.2, 0) is 0 Å². The molecule has 1 aliphatic heterocycles. The molecule has 1 fully saturated rings. The van der Waals surface area contributed by atoms with E-state index in [1.807, 2.05) is 6.07 Å². The van der Waals surface area contributed by atoms with Crippen molar-refractivity contribution in [2.24, 2.45) is 0 Å². The first-order valence-electron chi connectivity index (χ1n) is 5.94. The topological polar surface area (TPSA) is 50.7 Å². The van der Waals surface area contributed by atoms with Gasteiger partial charge in [-0.25, -0.2) is 0 Å². The van der Waals surface area contributed by atoms with Crippen LogP contribution in [0.1, 0.15) is 30.9 Å². The van der Waals surface area contributed by atoms with Crippen molar-refractivity contribution in [1.29, 1.82) is 0 Å². The summed E-state index contributed by atoms with van der Waals surface area (Å²) in [6.07, 6.45) is 3.53. The molecule has 2 N–H and O–H groups in total. The van der Waals surface area contributed by atoms with Crippen LogP contribution in [0.3, 0.4) is 0 Å². The number of methoxy groups -OCH3 is 2. The first kappa shape index (κ1) is 12.0. The summed E-state index contributed by atoms with van der Waals surface area (Å²) in [4.78, 5) is 0. The monoisotopic (exact) mass is 237 g/mol. The molecule has 0 bridgehead atoms. The zero-order valence-electron chi connectivity index (χ0n) is 10.3. The van der Waals surface area contributed by atoms with Crippen LogP contribution in [0.15, 0.2) is 12.1 Å². The predicted molar refractivity (Wildman–Crippen MR) is 65.8 cm³/mol. The van der Waals surface area contributed by atoms with Crippen LogP contribution in [0.5, 0.6) is 17.2 Å². The van der Waals surface area contributed by atoms with Gasteiger partial charge >= 0.3 is 0 Å². The highest BCUT2D eigenvalue weighted by Crippen LogP contribution is 2.39. The first-order valence-corrected chi connectivity index (χ1v) is 5.94. The third-order valence-electron chi connectivity index (χ3n) is 3.19. The smallest absolute Gasteiger partial charge is 0.203 e. The molecule has 94 valence electrons. The Morgan fingerprint density at radius 3 is 2.65 bits per heavy atom. The Labute approximate surface area is 102 Å². The standard InChI is InChI=1S/C13H19NO3/c1-16-12-8-9(7-11(15)13(12)17-2)10-5-3-4-6-14-10/h7-8,10,14-15H,3-6H2,1-2H3. The molecule has 4 nitrogen and oxygen atoms in total. The van der Waals surface area contributed by atoms with Gasteiger partial charge in [-0.15, -0.1) is 0 Å². The molecule has 1 unspecified atom stereocenters. The molecular formula is C13H19NO3. The fourth-order valence-corrected chi connectivity index (χ4v) is 2.30. The second-order valence-electron chi connectivity index (χ2n) is 4.28. The van der Waals surface area contributed by atoms with Crippen molar-refractivity contribution in [3.8, 4) is 17.2 Å². The van der Waals surface area contributed by atoms with Gasteiger partial charge < -0.3 is 19.9 Å². The number of benzene rings is 1. The molecule has 4 heteroatoms. The highest BCUT2D eigenvalue weighted by molar-refractivity contribution is 5.53. The fraction of sp³-hybridized carbons (Fsp3) is 0.538. The van der Waals surface area contributed by atoms with Crippen molar-refractivity contribution in [2.75, 3.05) is 20.8 Å². The maximum Gasteiger partial charge on any atom is 0.203 e. The Morgan fingerprint density at radius 2 is 2.06 bits per heavy atom. The minimum Gasteiger partial charge on any atom is -0.504 e. The van der Waals surface area contributed by atoms with Crippen molar-refractivity contribution in [3.05, 3.63) is 17.7 Å². The van der Waals surface area contributed by atoms with Gasteiger partial charge in [-0.1, -0.05) is 6.42 Å². The molecule has 1 aliphatic rings. The number of phenolic OH excluding ortho intramolecular Hbond substituents is 1. The van der Waals surface area contributed by atoms with Crippen molar-refractivity contribution in [1.82, 2.24) is 5.32 Å². The summed E-state index contributed by atoms with van der Waals surface area (Å²) < 4.78 is 10.3. The second kappa shape index (κ2) is 5.27. The molecule has 2 rings (SSSR count). The van der Waals surface area contributed by atoms with E-state index in [9.17, 15) is 5.11 Å². The van der Waals surface area contributed by atoms with E-state index < -0.39 is 0 Å². The van der Waals surface area contributed by atoms with Crippen LogP contribution < -0.4 is 14.8 Å². The fourth-order valence-electron chi connectivity index (χ4n) is 2.30. The third-order valence-corrected chi connectivity index (χ3v) is 3.19. The summed E-state index contributed by atoms with van der Waals surface area (Å²) in [5, 5.41) is 13.3. The van der Waals surface area contributed by atoms with Gasteiger partial charge in [0, 0.05) is 6.04 Å². The van der Waals surface area contributed by atoms with Gasteiger partial charge in [0.2, 0.25) is 5.75 Å². The number of phenols is 1. The zero-order chi connectivity index (χ0) is 12.3. The zero-order valence-corrected chi connectivity index (χ0v) is 10.3. The summed E-state index contributed by atoms with van der Waals surface area (Å²) in [6, 6.07) is 3.99. The normalized spacial score (nSPS) is 20.0. The van der Waals surface area contributed by atoms with E-state index in [4.69, 9.17) is 9.47 Å². The van der Waals surface area contributed by atoms with Gasteiger partial charge in [-0.3, -0.25) is 0 Å². The number of hydrogen-bond acceptors (Lipinski definition) is 4. The van der Waals surface area contributed by atoms with Crippen LogP contribution in [0.25, 0.3) is 0 Å². The second-order valence-corrected chi connectivity index (χ2v) is 4.28. The molecule has 1 aromatic rings.